The Labute approximate surface area is 163 Å². The molecule has 0 atom stereocenters. The lowest BCUT2D eigenvalue weighted by atomic mass is 10.2. The van der Waals surface area contributed by atoms with E-state index in [1.165, 1.54) is 0 Å². The van der Waals surface area contributed by atoms with Crippen LogP contribution in [-0.2, 0) is 0 Å². The van der Waals surface area contributed by atoms with Crippen molar-refractivity contribution in [2.75, 3.05) is 34.9 Å². The van der Waals surface area contributed by atoms with Crippen LogP contribution in [-0.4, -0.2) is 31.0 Å². The number of para-hydroxylation sites is 1. The molecule has 1 aromatic heterocycles. The molecule has 0 bridgehead atoms. The van der Waals surface area contributed by atoms with Crippen molar-refractivity contribution >= 4 is 34.8 Å². The average molecular weight is 375 g/mol. The van der Waals surface area contributed by atoms with Crippen molar-refractivity contribution in [3.63, 3.8) is 0 Å². The molecule has 3 aromatic rings. The number of hydrogen-bond acceptors (Lipinski definition) is 4. The van der Waals surface area contributed by atoms with E-state index < -0.39 is 0 Å². The number of nitrogens with zero attached hydrogens (tertiary/aromatic N) is 2. The van der Waals surface area contributed by atoms with Crippen molar-refractivity contribution in [2.24, 2.45) is 0 Å². The van der Waals surface area contributed by atoms with E-state index >= 15 is 0 Å². The molecule has 0 radical (unpaired) electrons. The first kappa shape index (κ1) is 18.9. The van der Waals surface area contributed by atoms with Crippen molar-refractivity contribution in [1.29, 1.82) is 0 Å². The second kappa shape index (κ2) is 8.68. The summed E-state index contributed by atoms with van der Waals surface area (Å²) in [6.45, 7) is 0. The molecule has 142 valence electrons. The molecule has 28 heavy (non-hydrogen) atoms. The number of nitrogens with one attached hydrogen (secondary N) is 3. The molecule has 0 aliphatic heterocycles. The summed E-state index contributed by atoms with van der Waals surface area (Å²) in [4.78, 5) is 30.5. The van der Waals surface area contributed by atoms with Crippen molar-refractivity contribution in [2.45, 2.75) is 0 Å². The van der Waals surface area contributed by atoms with Gasteiger partial charge in [-0.3, -0.25) is 4.79 Å². The Bertz CT molecular complexity index is 939. The Hall–Kier alpha value is -3.87. The highest BCUT2D eigenvalue weighted by Gasteiger charge is 2.08. The first-order valence-corrected chi connectivity index (χ1v) is 8.69. The fraction of sp³-hybridized carbons (Fsp3) is 0.0952. The lowest BCUT2D eigenvalue weighted by Crippen LogP contribution is -2.19. The first-order valence-electron chi connectivity index (χ1n) is 8.69. The van der Waals surface area contributed by atoms with Gasteiger partial charge in [-0.05, 0) is 48.5 Å². The Morgan fingerprint density at radius 2 is 1.36 bits per heavy atom. The fourth-order valence-electron chi connectivity index (χ4n) is 2.45. The fourth-order valence-corrected chi connectivity index (χ4v) is 2.45. The third kappa shape index (κ3) is 5.07. The van der Waals surface area contributed by atoms with E-state index in [0.29, 0.717) is 22.6 Å². The zero-order valence-electron chi connectivity index (χ0n) is 15.6. The minimum atomic E-state index is -0.351. The number of amides is 3. The van der Waals surface area contributed by atoms with Crippen LogP contribution < -0.4 is 20.9 Å². The van der Waals surface area contributed by atoms with E-state index in [4.69, 9.17) is 0 Å². The van der Waals surface area contributed by atoms with Crippen LogP contribution in [0, 0.1) is 0 Å². The van der Waals surface area contributed by atoms with Gasteiger partial charge in [-0.25, -0.2) is 9.78 Å². The SMILES string of the molecule is CN(C)c1ccc(NC(=O)c2ccc(NC(=O)Nc3ccccc3)cc2)cn1. The smallest absolute Gasteiger partial charge is 0.323 e. The number of aromatic nitrogens is 1. The second-order valence-electron chi connectivity index (χ2n) is 6.28. The van der Waals surface area contributed by atoms with E-state index in [9.17, 15) is 9.59 Å². The number of anilines is 4. The quantitative estimate of drug-likeness (QED) is 0.628. The maximum absolute atomic E-state index is 12.4. The summed E-state index contributed by atoms with van der Waals surface area (Å²) in [6, 6.07) is 19.1. The predicted octanol–water partition coefficient (Wildman–Crippen LogP) is 4.04. The number of carbonyl (C=O) groups excluding carboxylic acids is 2. The summed E-state index contributed by atoms with van der Waals surface area (Å²) in [5, 5.41) is 8.26. The molecule has 0 spiro atoms. The van der Waals surface area contributed by atoms with Gasteiger partial charge in [-0.2, -0.15) is 0 Å². The maximum atomic E-state index is 12.4. The van der Waals surface area contributed by atoms with Crippen LogP contribution in [0.25, 0.3) is 0 Å². The molecule has 3 N–H and O–H groups in total. The lowest BCUT2D eigenvalue weighted by Gasteiger charge is -2.12. The third-order valence-corrected chi connectivity index (χ3v) is 3.90. The number of hydrogen-bond donors (Lipinski definition) is 3. The number of pyridine rings is 1. The van der Waals surface area contributed by atoms with Gasteiger partial charge in [0.2, 0.25) is 0 Å². The molecule has 3 amide bonds. The highest BCUT2D eigenvalue weighted by molar-refractivity contribution is 6.05. The standard InChI is InChI=1S/C21H21N5O2/c1-26(2)19-13-12-18(14-22-19)23-20(27)15-8-10-17(11-9-15)25-21(28)24-16-6-4-3-5-7-16/h3-14H,1-2H3,(H,23,27)(H2,24,25,28). The van der Waals surface area contributed by atoms with Crippen molar-refractivity contribution < 1.29 is 9.59 Å². The Kier molecular flexibility index (Phi) is 5.86. The number of urea groups is 1. The van der Waals surface area contributed by atoms with Crippen LogP contribution >= 0.6 is 0 Å². The largest absolute Gasteiger partial charge is 0.363 e. The van der Waals surface area contributed by atoms with Crippen LogP contribution in [0.15, 0.2) is 72.9 Å². The molecule has 7 heteroatoms. The van der Waals surface area contributed by atoms with E-state index in [-0.39, 0.29) is 11.9 Å². The summed E-state index contributed by atoms with van der Waals surface area (Å²) in [5.41, 5.74) is 2.37. The molecule has 3 rings (SSSR count). The van der Waals surface area contributed by atoms with Gasteiger partial charge in [0, 0.05) is 31.0 Å². The highest BCUT2D eigenvalue weighted by Crippen LogP contribution is 2.15. The molecule has 0 unspecified atom stereocenters. The molecular formula is C21H21N5O2. The van der Waals surface area contributed by atoms with Crippen LogP contribution in [0.1, 0.15) is 10.4 Å². The lowest BCUT2D eigenvalue weighted by molar-refractivity contribution is 0.102. The van der Waals surface area contributed by atoms with Gasteiger partial charge in [0.25, 0.3) is 5.91 Å². The van der Waals surface area contributed by atoms with Gasteiger partial charge < -0.3 is 20.9 Å². The van der Waals surface area contributed by atoms with Gasteiger partial charge in [-0.15, -0.1) is 0 Å². The normalized spacial score (nSPS) is 10.1. The van der Waals surface area contributed by atoms with Gasteiger partial charge in [0.1, 0.15) is 5.82 Å². The average Bonchev–Trinajstić information content (AvgIpc) is 2.69. The van der Waals surface area contributed by atoms with Crippen molar-refractivity contribution in [3.05, 3.63) is 78.5 Å². The molecule has 0 aliphatic rings. The summed E-state index contributed by atoms with van der Waals surface area (Å²) in [5.74, 6) is 0.557. The molecule has 0 saturated heterocycles. The van der Waals surface area contributed by atoms with Crippen molar-refractivity contribution in [3.8, 4) is 0 Å². The molecular weight excluding hydrogens is 354 g/mol. The number of rotatable bonds is 5. The summed E-state index contributed by atoms with van der Waals surface area (Å²) in [7, 11) is 3.80. The van der Waals surface area contributed by atoms with E-state index in [1.54, 1.807) is 48.7 Å². The van der Waals surface area contributed by atoms with Crippen LogP contribution in [0.4, 0.5) is 27.7 Å². The second-order valence-corrected chi connectivity index (χ2v) is 6.28. The highest BCUT2D eigenvalue weighted by atomic mass is 16.2. The van der Waals surface area contributed by atoms with Gasteiger partial charge in [0.15, 0.2) is 0 Å². The minimum Gasteiger partial charge on any atom is -0.363 e. The Morgan fingerprint density at radius 1 is 0.750 bits per heavy atom. The molecule has 0 fully saturated rings. The van der Waals surface area contributed by atoms with Crippen molar-refractivity contribution in [1.82, 2.24) is 4.98 Å². The van der Waals surface area contributed by atoms with E-state index in [2.05, 4.69) is 20.9 Å². The summed E-state index contributed by atoms with van der Waals surface area (Å²) >= 11 is 0. The minimum absolute atomic E-state index is 0.250. The van der Waals surface area contributed by atoms with Gasteiger partial charge >= 0.3 is 6.03 Å². The topological polar surface area (TPSA) is 86.4 Å². The van der Waals surface area contributed by atoms with E-state index in [0.717, 1.165) is 5.82 Å². The monoisotopic (exact) mass is 375 g/mol. The zero-order chi connectivity index (χ0) is 19.9. The predicted molar refractivity (Wildman–Crippen MR) is 112 cm³/mol. The molecule has 7 nitrogen and oxygen atoms in total. The van der Waals surface area contributed by atoms with Crippen LogP contribution in [0.5, 0.6) is 0 Å². The Balaban J connectivity index is 1.57. The van der Waals surface area contributed by atoms with E-state index in [1.807, 2.05) is 43.3 Å². The molecule has 0 saturated carbocycles. The van der Waals surface area contributed by atoms with Gasteiger partial charge in [-0.1, -0.05) is 18.2 Å². The summed E-state index contributed by atoms with van der Waals surface area (Å²) in [6.07, 6.45) is 1.61. The third-order valence-electron chi connectivity index (χ3n) is 3.90. The Morgan fingerprint density at radius 3 is 1.93 bits per heavy atom. The zero-order valence-corrected chi connectivity index (χ0v) is 15.6. The molecule has 2 aromatic carbocycles. The van der Waals surface area contributed by atoms with Crippen LogP contribution in [0.2, 0.25) is 0 Å². The maximum Gasteiger partial charge on any atom is 0.323 e. The summed E-state index contributed by atoms with van der Waals surface area (Å²) < 4.78 is 0. The number of carbonyl (C=O) groups is 2. The number of benzene rings is 2. The van der Waals surface area contributed by atoms with Crippen LogP contribution in [0.3, 0.4) is 0 Å². The van der Waals surface area contributed by atoms with Gasteiger partial charge in [0.05, 0.1) is 11.9 Å². The molecule has 0 aliphatic carbocycles. The molecule has 1 heterocycles. The first-order chi connectivity index (χ1) is 13.5.